The quantitative estimate of drug-likeness (QED) is 0.785. The van der Waals surface area contributed by atoms with Gasteiger partial charge in [0.25, 0.3) is 5.91 Å². The van der Waals surface area contributed by atoms with E-state index in [-0.39, 0.29) is 18.1 Å². The third-order valence-electron chi connectivity index (χ3n) is 3.75. The fourth-order valence-electron chi connectivity index (χ4n) is 2.78. The molecule has 2 unspecified atom stereocenters. The molecule has 1 aromatic carbocycles. The summed E-state index contributed by atoms with van der Waals surface area (Å²) in [6, 6.07) is 5.81. The van der Waals surface area contributed by atoms with Crippen molar-refractivity contribution in [2.45, 2.75) is 32.3 Å². The Labute approximate surface area is 123 Å². The molecule has 1 fully saturated rings. The summed E-state index contributed by atoms with van der Waals surface area (Å²) in [4.78, 5) is 14.4. The maximum atomic E-state index is 12.6. The third kappa shape index (κ3) is 2.68. The Balaban J connectivity index is 1.78. The number of carbonyl (C=O) groups is 1. The minimum atomic E-state index is -0.0814. The van der Waals surface area contributed by atoms with Gasteiger partial charge >= 0.3 is 0 Å². The van der Waals surface area contributed by atoms with Gasteiger partial charge < -0.3 is 14.4 Å². The molecule has 108 valence electrons. The fourth-order valence-corrected chi connectivity index (χ4v) is 2.95. The van der Waals surface area contributed by atoms with E-state index in [1.165, 1.54) is 5.56 Å². The van der Waals surface area contributed by atoms with Gasteiger partial charge in [0.15, 0.2) is 0 Å². The van der Waals surface area contributed by atoms with Crippen LogP contribution in [0.4, 0.5) is 0 Å². The number of benzene rings is 1. The van der Waals surface area contributed by atoms with E-state index in [1.807, 2.05) is 30.0 Å². The van der Waals surface area contributed by atoms with E-state index in [0.29, 0.717) is 32.2 Å². The van der Waals surface area contributed by atoms with Gasteiger partial charge in [-0.15, -0.1) is 11.6 Å². The zero-order chi connectivity index (χ0) is 14.1. The molecule has 3 rings (SSSR count). The van der Waals surface area contributed by atoms with Gasteiger partial charge in [-0.1, -0.05) is 6.07 Å². The maximum absolute atomic E-state index is 12.6. The second-order valence-corrected chi connectivity index (χ2v) is 5.72. The van der Waals surface area contributed by atoms with Crippen LogP contribution < -0.4 is 0 Å². The highest BCUT2D eigenvalue weighted by Gasteiger charge is 2.29. The third-order valence-corrected chi connectivity index (χ3v) is 4.10. The first kappa shape index (κ1) is 13.9. The molecule has 1 aromatic rings. The van der Waals surface area contributed by atoms with Crippen molar-refractivity contribution in [2.75, 3.05) is 19.0 Å². The van der Waals surface area contributed by atoms with Crippen LogP contribution in [0.5, 0.6) is 0 Å². The summed E-state index contributed by atoms with van der Waals surface area (Å²) >= 11 is 5.86. The fraction of sp³-hybridized carbons (Fsp3) is 0.533. The van der Waals surface area contributed by atoms with Gasteiger partial charge in [-0.05, 0) is 30.2 Å². The number of fused-ring (bicyclic) bond motifs is 1. The summed E-state index contributed by atoms with van der Waals surface area (Å²) in [6.07, 6.45) is -0.0589. The van der Waals surface area contributed by atoms with E-state index >= 15 is 0 Å². The van der Waals surface area contributed by atoms with E-state index in [1.54, 1.807) is 0 Å². The number of alkyl halides is 1. The number of carbonyl (C=O) groups excluding carboxylic acids is 1. The zero-order valence-electron chi connectivity index (χ0n) is 11.5. The Morgan fingerprint density at radius 3 is 2.95 bits per heavy atom. The predicted octanol–water partition coefficient (Wildman–Crippen LogP) is 2.19. The van der Waals surface area contributed by atoms with Crippen molar-refractivity contribution in [3.05, 3.63) is 34.9 Å². The lowest BCUT2D eigenvalue weighted by Crippen LogP contribution is -2.49. The maximum Gasteiger partial charge on any atom is 0.254 e. The van der Waals surface area contributed by atoms with Crippen LogP contribution in [-0.4, -0.2) is 42.0 Å². The number of rotatable bonds is 2. The first-order chi connectivity index (χ1) is 9.67. The normalized spacial score (nSPS) is 25.6. The molecule has 0 bridgehead atoms. The number of morpholine rings is 1. The van der Waals surface area contributed by atoms with Crippen LogP contribution in [-0.2, 0) is 22.7 Å². The van der Waals surface area contributed by atoms with Crippen molar-refractivity contribution >= 4 is 17.5 Å². The molecule has 2 atom stereocenters. The van der Waals surface area contributed by atoms with E-state index in [2.05, 4.69) is 0 Å². The van der Waals surface area contributed by atoms with Crippen molar-refractivity contribution < 1.29 is 14.3 Å². The minimum absolute atomic E-state index is 0.0224. The molecule has 20 heavy (non-hydrogen) atoms. The molecule has 1 saturated heterocycles. The highest BCUT2D eigenvalue weighted by molar-refractivity contribution is 6.18. The summed E-state index contributed by atoms with van der Waals surface area (Å²) in [5.74, 6) is 0.455. The molecule has 0 aromatic heterocycles. The molecule has 0 saturated carbocycles. The Morgan fingerprint density at radius 2 is 2.15 bits per heavy atom. The van der Waals surface area contributed by atoms with Crippen LogP contribution in [0.15, 0.2) is 18.2 Å². The lowest BCUT2D eigenvalue weighted by molar-refractivity contribution is -0.0570. The van der Waals surface area contributed by atoms with Gasteiger partial charge in [0.05, 0.1) is 31.3 Å². The zero-order valence-corrected chi connectivity index (χ0v) is 12.2. The summed E-state index contributed by atoms with van der Waals surface area (Å²) in [6.45, 7) is 4.38. The van der Waals surface area contributed by atoms with Gasteiger partial charge in [-0.25, -0.2) is 0 Å². The molecule has 2 aliphatic rings. The topological polar surface area (TPSA) is 38.8 Å². The Morgan fingerprint density at radius 1 is 1.35 bits per heavy atom. The number of nitrogens with zero attached hydrogens (tertiary/aromatic N) is 1. The molecule has 0 N–H and O–H groups in total. The van der Waals surface area contributed by atoms with Gasteiger partial charge in [0.1, 0.15) is 0 Å². The second-order valence-electron chi connectivity index (χ2n) is 5.41. The Bertz CT molecular complexity index is 520. The monoisotopic (exact) mass is 295 g/mol. The van der Waals surface area contributed by atoms with E-state index < -0.39 is 0 Å². The molecule has 1 amide bonds. The molecule has 5 heteroatoms. The van der Waals surface area contributed by atoms with Crippen molar-refractivity contribution in [3.63, 3.8) is 0 Å². The van der Waals surface area contributed by atoms with Crippen LogP contribution in [0.1, 0.15) is 28.4 Å². The lowest BCUT2D eigenvalue weighted by Gasteiger charge is -2.36. The highest BCUT2D eigenvalue weighted by Crippen LogP contribution is 2.22. The van der Waals surface area contributed by atoms with Crippen molar-refractivity contribution in [2.24, 2.45) is 0 Å². The minimum Gasteiger partial charge on any atom is -0.372 e. The van der Waals surface area contributed by atoms with Gasteiger partial charge in [-0.2, -0.15) is 0 Å². The van der Waals surface area contributed by atoms with Gasteiger partial charge in [0.2, 0.25) is 0 Å². The molecule has 0 radical (unpaired) electrons. The summed E-state index contributed by atoms with van der Waals surface area (Å²) < 4.78 is 11.1. The predicted molar refractivity (Wildman–Crippen MR) is 75.9 cm³/mol. The average molecular weight is 296 g/mol. The highest BCUT2D eigenvalue weighted by atomic mass is 35.5. The molecule has 4 nitrogen and oxygen atoms in total. The number of amides is 1. The van der Waals surface area contributed by atoms with Gasteiger partial charge in [-0.3, -0.25) is 4.79 Å². The smallest absolute Gasteiger partial charge is 0.254 e. The van der Waals surface area contributed by atoms with Crippen LogP contribution in [0.3, 0.4) is 0 Å². The number of halogens is 1. The first-order valence-electron chi connectivity index (χ1n) is 6.87. The first-order valence-corrected chi connectivity index (χ1v) is 7.41. The number of ether oxygens (including phenoxy) is 2. The number of hydrogen-bond donors (Lipinski definition) is 0. The molecule has 2 heterocycles. The summed E-state index contributed by atoms with van der Waals surface area (Å²) in [7, 11) is 0. The Kier molecular flexibility index (Phi) is 3.96. The summed E-state index contributed by atoms with van der Waals surface area (Å²) in [5.41, 5.74) is 3.01. The summed E-state index contributed by atoms with van der Waals surface area (Å²) in [5, 5.41) is 0. The molecular formula is C15H18ClNO3. The number of hydrogen-bond acceptors (Lipinski definition) is 3. The second kappa shape index (κ2) is 5.72. The van der Waals surface area contributed by atoms with Crippen LogP contribution in [0, 0.1) is 0 Å². The van der Waals surface area contributed by atoms with Crippen LogP contribution in [0.2, 0.25) is 0 Å². The van der Waals surface area contributed by atoms with Crippen LogP contribution in [0.25, 0.3) is 0 Å². The van der Waals surface area contributed by atoms with E-state index in [9.17, 15) is 4.79 Å². The molecular weight excluding hydrogens is 278 g/mol. The standard InChI is InChI=1S/C15H18ClNO3/c1-10-6-17(7-14(5-16)20-10)15(18)11-2-3-12-8-19-9-13(12)4-11/h2-4,10,14H,5-9H2,1H3. The van der Waals surface area contributed by atoms with E-state index in [0.717, 1.165) is 11.1 Å². The largest absolute Gasteiger partial charge is 0.372 e. The lowest BCUT2D eigenvalue weighted by atomic mass is 10.0. The van der Waals surface area contributed by atoms with Crippen molar-refractivity contribution in [1.29, 1.82) is 0 Å². The molecule has 0 spiro atoms. The van der Waals surface area contributed by atoms with E-state index in [4.69, 9.17) is 21.1 Å². The van der Waals surface area contributed by atoms with Crippen molar-refractivity contribution in [3.8, 4) is 0 Å². The van der Waals surface area contributed by atoms with Crippen molar-refractivity contribution in [1.82, 2.24) is 4.90 Å². The molecule has 0 aliphatic carbocycles. The average Bonchev–Trinajstić information content (AvgIpc) is 2.93. The van der Waals surface area contributed by atoms with Crippen LogP contribution >= 0.6 is 11.6 Å². The van der Waals surface area contributed by atoms with Gasteiger partial charge in [0, 0.05) is 18.7 Å². The molecule has 2 aliphatic heterocycles. The Hall–Kier alpha value is -1.10. The SMILES string of the molecule is CC1CN(C(=O)c2ccc3c(c2)COC3)CC(CCl)O1.